The summed E-state index contributed by atoms with van der Waals surface area (Å²) in [6, 6.07) is 8.32. The maximum Gasteiger partial charge on any atom is 0.323 e. The van der Waals surface area contributed by atoms with E-state index in [2.05, 4.69) is 10.3 Å². The summed E-state index contributed by atoms with van der Waals surface area (Å²) in [5.74, 6) is -1.08. The zero-order valence-electron chi connectivity index (χ0n) is 9.75. The molecule has 19 heavy (non-hydrogen) atoms. The smallest absolute Gasteiger partial charge is 0.323 e. The van der Waals surface area contributed by atoms with Crippen molar-refractivity contribution >= 4 is 23.3 Å². The molecule has 0 radical (unpaired) electrons. The van der Waals surface area contributed by atoms with E-state index in [-0.39, 0.29) is 6.42 Å². The summed E-state index contributed by atoms with van der Waals surface area (Å²) >= 11 is 0. The fourth-order valence-corrected chi connectivity index (χ4v) is 1.75. The van der Waals surface area contributed by atoms with Gasteiger partial charge in [-0.2, -0.15) is 6.41 Å². The minimum Gasteiger partial charge on any atom is -0.520 e. The summed E-state index contributed by atoms with van der Waals surface area (Å²) in [6.07, 6.45) is 3.29. The number of carbonyl (C=O) groups is 1. The van der Waals surface area contributed by atoms with Gasteiger partial charge in [0.1, 0.15) is 6.04 Å². The van der Waals surface area contributed by atoms with Crippen molar-refractivity contribution in [1.29, 1.82) is 0 Å². The van der Waals surface area contributed by atoms with Crippen LogP contribution in [0.1, 0.15) is 5.56 Å². The second kappa shape index (κ2) is 5.77. The number of carboxylic acids is 1. The maximum absolute atomic E-state index is 10.9. The minimum absolute atomic E-state index is 0. The van der Waals surface area contributed by atoms with Gasteiger partial charge in [-0.25, -0.2) is 0 Å². The van der Waals surface area contributed by atoms with Crippen molar-refractivity contribution in [3.05, 3.63) is 42.1 Å². The number of aromatic nitrogens is 1. The molecule has 2 rings (SSSR count). The van der Waals surface area contributed by atoms with Crippen LogP contribution in [0.15, 0.2) is 36.5 Å². The molecule has 0 saturated heterocycles. The zero-order chi connectivity index (χ0) is 13.0. The van der Waals surface area contributed by atoms with Crippen LogP contribution in [0.25, 0.3) is 10.9 Å². The number of hydrogen-bond donors (Lipinski definition) is 2. The number of amides is 1. The number of pyridine rings is 1. The Morgan fingerprint density at radius 3 is 2.89 bits per heavy atom. The van der Waals surface area contributed by atoms with Gasteiger partial charge in [0.15, 0.2) is 0 Å². The number of carboxylic acid groups (broad SMARTS) is 1. The van der Waals surface area contributed by atoms with Crippen LogP contribution in [0.3, 0.4) is 0 Å². The standard InChI is InChI=1S/C13H11N2O3.Fm/c16-8-15-12(13(17)18)7-9-3-4-10-2-1-5-14-11(10)6-9;/h1-6,12H,7H2,(H,15,16)(H,17,18);/q-1;. The first-order valence-electron chi connectivity index (χ1n) is 5.40. The average Bonchev–Trinajstić information content (AvgIpc) is 2.38. The Balaban J connectivity index is 0.00000180. The monoisotopic (exact) mass is 500 g/mol. The summed E-state index contributed by atoms with van der Waals surface area (Å²) in [5.41, 5.74) is 1.60. The number of nitrogens with zero attached hydrogens (tertiary/aromatic N) is 1. The molecule has 5 nitrogen and oxygen atoms in total. The molecule has 1 atom stereocenters. The zero-order valence-corrected chi connectivity index (χ0v) is 12.2. The van der Waals surface area contributed by atoms with E-state index in [4.69, 9.17) is 5.11 Å². The van der Waals surface area contributed by atoms with Gasteiger partial charge in [0.25, 0.3) is 0 Å². The molecule has 1 heterocycles. The number of aliphatic carboxylic acids is 1. The van der Waals surface area contributed by atoms with Gasteiger partial charge in [-0.1, -0.05) is 18.2 Å². The predicted octanol–water partition coefficient (Wildman–Crippen LogP) is 0.887. The molecule has 1 aromatic heterocycles. The van der Waals surface area contributed by atoms with Crippen LogP contribution in [0, 0.1) is 0 Å². The Kier molecular flexibility index (Phi) is 4.14. The number of hydrogen-bond acceptors (Lipinski definition) is 3. The van der Waals surface area contributed by atoms with Crippen molar-refractivity contribution in [3.63, 3.8) is 0 Å². The van der Waals surface area contributed by atoms with Crippen molar-refractivity contribution in [2.45, 2.75) is 12.5 Å². The summed E-state index contributed by atoms with van der Waals surface area (Å²) in [4.78, 5) is 25.3. The molecule has 104 valence electrons. The van der Waals surface area contributed by atoms with Crippen LogP contribution >= 0.6 is 0 Å². The molecule has 0 aliphatic rings. The number of nitrogens with one attached hydrogen (secondary N) is 1. The Hall–Kier alpha value is -3.43. The molecule has 0 aliphatic carbocycles. The van der Waals surface area contributed by atoms with E-state index in [1.807, 2.05) is 30.3 Å². The van der Waals surface area contributed by atoms with Gasteiger partial charge in [0.2, 0.25) is 0 Å². The molecule has 6 heteroatoms. The predicted molar refractivity (Wildman–Crippen MR) is 65.7 cm³/mol. The summed E-state index contributed by atoms with van der Waals surface area (Å²) < 4.78 is 0. The van der Waals surface area contributed by atoms with Crippen LogP contribution in [0.4, 0.5) is 0 Å². The third kappa shape index (κ3) is 3.03. The first-order valence-corrected chi connectivity index (χ1v) is 5.40. The van der Waals surface area contributed by atoms with Gasteiger partial charge in [-0.15, -0.1) is 0 Å². The van der Waals surface area contributed by atoms with E-state index in [0.29, 0.717) is 0 Å². The molecule has 0 aliphatic heterocycles. The maximum atomic E-state index is 10.9. The third-order valence-corrected chi connectivity index (χ3v) is 2.64. The van der Waals surface area contributed by atoms with E-state index < -0.39 is 12.0 Å². The Labute approximate surface area is 103 Å². The molecule has 0 saturated carbocycles. The van der Waals surface area contributed by atoms with E-state index in [1.54, 1.807) is 6.20 Å². The third-order valence-electron chi connectivity index (χ3n) is 2.64. The van der Waals surface area contributed by atoms with Crippen molar-refractivity contribution in [1.82, 2.24) is 10.3 Å². The van der Waals surface area contributed by atoms with E-state index in [9.17, 15) is 9.59 Å². The second-order valence-corrected chi connectivity index (χ2v) is 3.87. The van der Waals surface area contributed by atoms with Crippen molar-refractivity contribution in [3.8, 4) is 0 Å². The number of carbonyl (C=O) groups excluding carboxylic acids is 1. The summed E-state index contributed by atoms with van der Waals surface area (Å²) in [5, 5.41) is 12.1. The fourth-order valence-electron chi connectivity index (χ4n) is 1.75. The number of benzene rings is 1. The molecule has 0 bridgehead atoms. The first kappa shape index (κ1) is 13.6. The molecular weight excluding hydrogens is 489 g/mol. The normalized spacial score (nSPS) is 11.4. The minimum atomic E-state index is -1.08. The SMILES string of the molecule is O=[C-]NC(Cc1ccc2cccnc2c1)C(=O)O.[Fm]. The molecule has 0 fully saturated rings. The van der Waals surface area contributed by atoms with Crippen LogP contribution in [-0.2, 0) is 16.0 Å². The molecule has 2 aromatic rings. The quantitative estimate of drug-likeness (QED) is 0.473. The van der Waals surface area contributed by atoms with Crippen LogP contribution in [-0.4, -0.2) is 28.5 Å². The first-order chi connectivity index (χ1) is 8.70. The van der Waals surface area contributed by atoms with Gasteiger partial charge < -0.3 is 15.2 Å². The van der Waals surface area contributed by atoms with Gasteiger partial charge in [0, 0.05) is 18.0 Å². The topological polar surface area (TPSA) is 79.3 Å². The molecule has 1 unspecified atom stereocenters. The number of rotatable bonds is 5. The van der Waals surface area contributed by atoms with E-state index in [0.717, 1.165) is 16.5 Å². The Bertz CT molecular complexity index is 589. The van der Waals surface area contributed by atoms with Gasteiger partial charge in [-0.3, -0.25) is 9.78 Å². The number of fused-ring (bicyclic) bond motifs is 1. The van der Waals surface area contributed by atoms with Crippen LogP contribution in [0.2, 0.25) is 0 Å². The molecule has 0 spiro atoms. The molecule has 1 aromatic carbocycles. The van der Waals surface area contributed by atoms with E-state index in [1.165, 1.54) is 6.41 Å². The molecular formula is C13H11FmN2O3-. The van der Waals surface area contributed by atoms with Crippen LogP contribution in [0.5, 0.6) is 0 Å². The largest absolute Gasteiger partial charge is 0.520 e. The average molecular weight is 500 g/mol. The van der Waals surface area contributed by atoms with Crippen molar-refractivity contribution in [2.75, 3.05) is 0 Å². The van der Waals surface area contributed by atoms with Crippen molar-refractivity contribution < 1.29 is 14.7 Å². The summed E-state index contributed by atoms with van der Waals surface area (Å²) in [7, 11) is 0. The van der Waals surface area contributed by atoms with Crippen molar-refractivity contribution in [2.24, 2.45) is 0 Å². The molecule has 2 N–H and O–H groups in total. The van der Waals surface area contributed by atoms with Gasteiger partial charge in [-0.05, 0) is 17.7 Å². The van der Waals surface area contributed by atoms with E-state index >= 15 is 0 Å². The van der Waals surface area contributed by atoms with Gasteiger partial charge in [0.05, 0.1) is 5.52 Å². The molecule has 1 amide bonds. The van der Waals surface area contributed by atoms with Crippen LogP contribution < -0.4 is 5.32 Å². The van der Waals surface area contributed by atoms with Gasteiger partial charge >= 0.3 is 5.97 Å². The fraction of sp³-hybridized carbons (Fsp3) is 0.154. The second-order valence-electron chi connectivity index (χ2n) is 3.87. The summed E-state index contributed by atoms with van der Waals surface area (Å²) in [6.45, 7) is 0. The Morgan fingerprint density at radius 2 is 2.21 bits per heavy atom. The Morgan fingerprint density at radius 1 is 1.42 bits per heavy atom.